The van der Waals surface area contributed by atoms with Gasteiger partial charge in [0.25, 0.3) is 0 Å². The molecule has 1 aliphatic rings. The molecular weight excluding hydrogens is 454 g/mol. The van der Waals surface area contributed by atoms with Gasteiger partial charge in [-0.1, -0.05) is 35.5 Å². The molecule has 9 heteroatoms. The summed E-state index contributed by atoms with van der Waals surface area (Å²) < 4.78 is 7.73. The van der Waals surface area contributed by atoms with Crippen molar-refractivity contribution in [3.05, 3.63) is 64.3 Å². The van der Waals surface area contributed by atoms with Crippen molar-refractivity contribution in [3.8, 4) is 11.8 Å². The molecule has 1 aliphatic carbocycles. The van der Waals surface area contributed by atoms with E-state index in [1.807, 2.05) is 35.8 Å². The van der Waals surface area contributed by atoms with E-state index in [1.54, 1.807) is 6.08 Å². The number of aryl methyl sites for hydroxylation is 2. The number of rotatable bonds is 9. The molecule has 1 N–H and O–H groups in total. The smallest absolute Gasteiger partial charge is 0.235 e. The molecule has 3 aromatic rings. The summed E-state index contributed by atoms with van der Waals surface area (Å²) in [6.45, 7) is 6.62. The van der Waals surface area contributed by atoms with Gasteiger partial charge >= 0.3 is 0 Å². The number of benzene rings is 1. The molecule has 1 aromatic carbocycles. The Morgan fingerprint density at radius 3 is 2.88 bits per heavy atom. The first-order valence-electron chi connectivity index (χ1n) is 10.8. The van der Waals surface area contributed by atoms with Crippen LogP contribution in [0.4, 0.5) is 5.00 Å². The summed E-state index contributed by atoms with van der Waals surface area (Å²) in [6, 6.07) is 10.1. The van der Waals surface area contributed by atoms with E-state index in [0.29, 0.717) is 28.1 Å². The Bertz CT molecular complexity index is 1190. The monoisotopic (exact) mass is 479 g/mol. The third-order valence-corrected chi connectivity index (χ3v) is 7.54. The lowest BCUT2D eigenvalue weighted by molar-refractivity contribution is -0.113. The first-order valence-corrected chi connectivity index (χ1v) is 12.6. The molecule has 0 spiro atoms. The molecule has 7 nitrogen and oxygen atoms in total. The quantitative estimate of drug-likeness (QED) is 0.347. The fourth-order valence-electron chi connectivity index (χ4n) is 3.69. The SMILES string of the molecule is C=CCn1c(COc2ccc(C)cc2)nnc1SCC(=O)Nc1sc2c(c1C#N)CCCC2. The Hall–Kier alpha value is -3.09. The molecule has 33 heavy (non-hydrogen) atoms. The Labute approximate surface area is 201 Å². The number of fused-ring (bicyclic) bond motifs is 1. The highest BCUT2D eigenvalue weighted by Crippen LogP contribution is 2.37. The van der Waals surface area contributed by atoms with Gasteiger partial charge in [-0.25, -0.2) is 0 Å². The fourth-order valence-corrected chi connectivity index (χ4v) is 5.71. The van der Waals surface area contributed by atoms with E-state index in [1.165, 1.54) is 33.5 Å². The summed E-state index contributed by atoms with van der Waals surface area (Å²) in [5.74, 6) is 1.42. The summed E-state index contributed by atoms with van der Waals surface area (Å²) in [5, 5.41) is 22.3. The zero-order valence-corrected chi connectivity index (χ0v) is 20.1. The van der Waals surface area contributed by atoms with Crippen LogP contribution in [-0.2, 0) is 30.8 Å². The minimum atomic E-state index is -0.166. The Morgan fingerprint density at radius 1 is 1.33 bits per heavy atom. The van der Waals surface area contributed by atoms with E-state index in [-0.39, 0.29) is 18.3 Å². The number of allylic oxidation sites excluding steroid dienone is 1. The lowest BCUT2D eigenvalue weighted by atomic mass is 9.96. The van der Waals surface area contributed by atoms with Gasteiger partial charge in [0.15, 0.2) is 11.0 Å². The van der Waals surface area contributed by atoms with Crippen molar-refractivity contribution >= 4 is 34.0 Å². The minimum Gasteiger partial charge on any atom is -0.486 e. The first-order chi connectivity index (χ1) is 16.1. The van der Waals surface area contributed by atoms with Crippen LogP contribution in [-0.4, -0.2) is 26.4 Å². The number of hydrogen-bond acceptors (Lipinski definition) is 7. The van der Waals surface area contributed by atoms with Crippen LogP contribution in [0.2, 0.25) is 0 Å². The second kappa shape index (κ2) is 10.7. The van der Waals surface area contributed by atoms with Crippen LogP contribution in [0.1, 0.15) is 40.2 Å². The zero-order valence-electron chi connectivity index (χ0n) is 18.5. The maximum Gasteiger partial charge on any atom is 0.235 e. The number of nitrogens with zero attached hydrogens (tertiary/aromatic N) is 4. The molecule has 1 amide bonds. The van der Waals surface area contributed by atoms with Crippen LogP contribution in [0.15, 0.2) is 42.1 Å². The standard InChI is InChI=1S/C24H25N5O2S2/c1-3-12-29-21(14-31-17-10-8-16(2)9-11-17)27-28-24(29)32-15-22(30)26-23-19(13-25)18-6-4-5-7-20(18)33-23/h3,8-11H,1,4-7,12,14-15H2,2H3,(H,26,30). The molecule has 2 heterocycles. The molecule has 2 aromatic heterocycles. The predicted molar refractivity (Wildman–Crippen MR) is 131 cm³/mol. The van der Waals surface area contributed by atoms with Crippen LogP contribution < -0.4 is 10.1 Å². The highest BCUT2D eigenvalue weighted by Gasteiger charge is 2.22. The van der Waals surface area contributed by atoms with Crippen LogP contribution in [0.3, 0.4) is 0 Å². The summed E-state index contributed by atoms with van der Waals surface area (Å²) in [7, 11) is 0. The molecule has 0 saturated heterocycles. The largest absolute Gasteiger partial charge is 0.486 e. The molecule has 0 bridgehead atoms. The topological polar surface area (TPSA) is 92.8 Å². The Kier molecular flexibility index (Phi) is 7.47. The molecule has 170 valence electrons. The number of nitrogens with one attached hydrogen (secondary N) is 1. The van der Waals surface area contributed by atoms with Gasteiger partial charge in [0.1, 0.15) is 23.4 Å². The van der Waals surface area contributed by atoms with Crippen molar-refractivity contribution in [1.29, 1.82) is 5.26 Å². The first kappa shape index (κ1) is 23.1. The van der Waals surface area contributed by atoms with E-state index < -0.39 is 0 Å². The average molecular weight is 480 g/mol. The summed E-state index contributed by atoms with van der Waals surface area (Å²) in [4.78, 5) is 13.9. The maximum atomic E-state index is 12.6. The Balaban J connectivity index is 1.39. The third-order valence-electron chi connectivity index (χ3n) is 5.36. The van der Waals surface area contributed by atoms with Gasteiger partial charge < -0.3 is 10.1 Å². The van der Waals surface area contributed by atoms with Gasteiger partial charge in [0.2, 0.25) is 5.91 Å². The van der Waals surface area contributed by atoms with Crippen molar-refractivity contribution in [2.24, 2.45) is 0 Å². The number of anilines is 1. The van der Waals surface area contributed by atoms with Crippen molar-refractivity contribution in [2.75, 3.05) is 11.1 Å². The van der Waals surface area contributed by atoms with Crippen LogP contribution in [0.5, 0.6) is 5.75 Å². The zero-order chi connectivity index (χ0) is 23.2. The number of thiophene rings is 1. The van der Waals surface area contributed by atoms with Gasteiger partial charge in [-0.15, -0.1) is 28.1 Å². The number of amides is 1. The second-order valence-corrected chi connectivity index (χ2v) is 9.81. The summed E-state index contributed by atoms with van der Waals surface area (Å²) >= 11 is 2.83. The van der Waals surface area contributed by atoms with E-state index in [0.717, 1.165) is 37.0 Å². The summed E-state index contributed by atoms with van der Waals surface area (Å²) in [6.07, 6.45) is 5.89. The number of thioether (sulfide) groups is 1. The van der Waals surface area contributed by atoms with Crippen molar-refractivity contribution in [3.63, 3.8) is 0 Å². The molecule has 0 saturated carbocycles. The molecule has 0 unspecified atom stereocenters. The van der Waals surface area contributed by atoms with Gasteiger partial charge in [0.05, 0.1) is 11.3 Å². The van der Waals surface area contributed by atoms with Crippen LogP contribution >= 0.6 is 23.1 Å². The molecule has 4 rings (SSSR count). The number of nitriles is 1. The van der Waals surface area contributed by atoms with E-state index in [2.05, 4.69) is 28.2 Å². The Morgan fingerprint density at radius 2 is 2.12 bits per heavy atom. The number of carbonyl (C=O) groups excluding carboxylic acids is 1. The molecular formula is C24H25N5O2S2. The number of carbonyl (C=O) groups is 1. The third kappa shape index (κ3) is 5.46. The number of ether oxygens (including phenoxy) is 1. The van der Waals surface area contributed by atoms with Gasteiger partial charge in [-0.3, -0.25) is 9.36 Å². The molecule has 0 radical (unpaired) electrons. The van der Waals surface area contributed by atoms with E-state index in [9.17, 15) is 10.1 Å². The molecule has 0 fully saturated rings. The predicted octanol–water partition coefficient (Wildman–Crippen LogP) is 4.89. The number of hydrogen-bond donors (Lipinski definition) is 1. The minimum absolute atomic E-state index is 0.166. The molecule has 0 atom stereocenters. The van der Waals surface area contributed by atoms with Crippen molar-refractivity contribution in [1.82, 2.24) is 14.8 Å². The van der Waals surface area contributed by atoms with Crippen molar-refractivity contribution in [2.45, 2.75) is 50.9 Å². The van der Waals surface area contributed by atoms with Gasteiger partial charge in [-0.2, -0.15) is 5.26 Å². The van der Waals surface area contributed by atoms with E-state index in [4.69, 9.17) is 4.74 Å². The van der Waals surface area contributed by atoms with E-state index >= 15 is 0 Å². The normalized spacial score (nSPS) is 12.6. The molecule has 0 aliphatic heterocycles. The summed E-state index contributed by atoms with van der Waals surface area (Å²) in [5.41, 5.74) is 2.90. The van der Waals surface area contributed by atoms with Gasteiger partial charge in [0, 0.05) is 11.4 Å². The van der Waals surface area contributed by atoms with Gasteiger partial charge in [-0.05, 0) is 50.3 Å². The highest BCUT2D eigenvalue weighted by atomic mass is 32.2. The van der Waals surface area contributed by atoms with Crippen molar-refractivity contribution < 1.29 is 9.53 Å². The lowest BCUT2D eigenvalue weighted by Crippen LogP contribution is -2.15. The van der Waals surface area contributed by atoms with Crippen LogP contribution in [0.25, 0.3) is 0 Å². The lowest BCUT2D eigenvalue weighted by Gasteiger charge is -2.09. The van der Waals surface area contributed by atoms with Crippen LogP contribution in [0, 0.1) is 18.3 Å². The second-order valence-electron chi connectivity index (χ2n) is 7.76. The number of aromatic nitrogens is 3. The average Bonchev–Trinajstić information content (AvgIpc) is 3.37. The highest BCUT2D eigenvalue weighted by molar-refractivity contribution is 7.99. The maximum absolute atomic E-state index is 12.6. The fraction of sp³-hybridized carbons (Fsp3) is 0.333.